The van der Waals surface area contributed by atoms with Gasteiger partial charge in [-0.15, -0.1) is 0 Å². The van der Waals surface area contributed by atoms with Gasteiger partial charge < -0.3 is 14.2 Å². The largest absolute Gasteiger partial charge is 0.489 e. The molecule has 24 heavy (non-hydrogen) atoms. The molecule has 0 aliphatic carbocycles. The Morgan fingerprint density at radius 1 is 1.25 bits per heavy atom. The van der Waals surface area contributed by atoms with Gasteiger partial charge >= 0.3 is 0 Å². The maximum absolute atomic E-state index is 12.5. The predicted octanol–water partition coefficient (Wildman–Crippen LogP) is 1.77. The lowest BCUT2D eigenvalue weighted by Gasteiger charge is -2.32. The molecule has 0 spiro atoms. The van der Waals surface area contributed by atoms with E-state index >= 15 is 0 Å². The third kappa shape index (κ3) is 3.48. The van der Waals surface area contributed by atoms with E-state index in [-0.39, 0.29) is 23.1 Å². The highest BCUT2D eigenvalue weighted by Gasteiger charge is 2.26. The zero-order valence-electron chi connectivity index (χ0n) is 13.9. The van der Waals surface area contributed by atoms with E-state index in [0.29, 0.717) is 13.1 Å². The van der Waals surface area contributed by atoms with Crippen LogP contribution in [0.1, 0.15) is 28.9 Å². The topological polar surface area (TPSA) is 64.4 Å². The van der Waals surface area contributed by atoms with Crippen molar-refractivity contribution in [3.63, 3.8) is 0 Å². The maximum Gasteiger partial charge on any atom is 0.263 e. The van der Waals surface area contributed by atoms with Gasteiger partial charge in [0, 0.05) is 44.9 Å². The van der Waals surface area contributed by atoms with Crippen LogP contribution in [-0.4, -0.2) is 39.6 Å². The molecule has 0 unspecified atom stereocenters. The number of pyridine rings is 2. The van der Waals surface area contributed by atoms with Crippen molar-refractivity contribution in [2.24, 2.45) is 7.05 Å². The van der Waals surface area contributed by atoms with Gasteiger partial charge in [-0.05, 0) is 31.2 Å². The third-order valence-corrected chi connectivity index (χ3v) is 4.27. The zero-order chi connectivity index (χ0) is 17.1. The Labute approximate surface area is 140 Å². The molecule has 0 N–H and O–H groups in total. The van der Waals surface area contributed by atoms with Gasteiger partial charge in [0.05, 0.1) is 6.20 Å². The lowest BCUT2D eigenvalue weighted by atomic mass is 10.1. The van der Waals surface area contributed by atoms with Gasteiger partial charge in [0.1, 0.15) is 17.4 Å². The molecule has 1 aliphatic rings. The summed E-state index contributed by atoms with van der Waals surface area (Å²) in [6, 6.07) is 7.13. The van der Waals surface area contributed by atoms with Crippen LogP contribution in [-0.2, 0) is 7.05 Å². The van der Waals surface area contributed by atoms with Gasteiger partial charge in [0.2, 0.25) is 0 Å². The summed E-state index contributed by atoms with van der Waals surface area (Å²) >= 11 is 0. The van der Waals surface area contributed by atoms with E-state index in [1.54, 1.807) is 36.5 Å². The number of nitrogens with zero attached hydrogens (tertiary/aromatic N) is 3. The fraction of sp³-hybridized carbons (Fsp3) is 0.389. The number of carbonyl (C=O) groups excluding carboxylic acids is 1. The standard InChI is InChI=1S/C18H21N3O3/c1-13-5-6-15(12-19-13)24-14-7-10-21(11-8-14)18(23)16-4-3-9-20(2)17(16)22/h3-6,9,12,14H,7-8,10-11H2,1-2H3. The summed E-state index contributed by atoms with van der Waals surface area (Å²) in [5.74, 6) is 0.550. The second-order valence-corrected chi connectivity index (χ2v) is 6.08. The minimum absolute atomic E-state index is 0.0668. The molecular weight excluding hydrogens is 306 g/mol. The third-order valence-electron chi connectivity index (χ3n) is 4.27. The van der Waals surface area contributed by atoms with Crippen LogP contribution in [0.2, 0.25) is 0 Å². The maximum atomic E-state index is 12.5. The number of aryl methyl sites for hydroxylation is 2. The Balaban J connectivity index is 1.60. The Kier molecular flexibility index (Phi) is 4.64. The van der Waals surface area contributed by atoms with E-state index in [0.717, 1.165) is 24.3 Å². The molecule has 0 radical (unpaired) electrons. The molecule has 0 bridgehead atoms. The van der Waals surface area contributed by atoms with Crippen molar-refractivity contribution in [2.45, 2.75) is 25.9 Å². The lowest BCUT2D eigenvalue weighted by Crippen LogP contribution is -2.43. The minimum atomic E-state index is -0.258. The fourth-order valence-corrected chi connectivity index (χ4v) is 2.82. The SMILES string of the molecule is Cc1ccc(OC2CCN(C(=O)c3cccn(C)c3=O)CC2)cn1. The second-order valence-electron chi connectivity index (χ2n) is 6.08. The monoisotopic (exact) mass is 327 g/mol. The number of rotatable bonds is 3. The highest BCUT2D eigenvalue weighted by Crippen LogP contribution is 2.19. The molecule has 6 nitrogen and oxygen atoms in total. The number of piperidine rings is 1. The molecule has 3 heterocycles. The summed E-state index contributed by atoms with van der Waals surface area (Å²) in [4.78, 5) is 30.6. The molecule has 6 heteroatoms. The van der Waals surface area contributed by atoms with E-state index in [9.17, 15) is 9.59 Å². The molecule has 0 aromatic carbocycles. The van der Waals surface area contributed by atoms with Crippen LogP contribution < -0.4 is 10.3 Å². The first-order chi connectivity index (χ1) is 11.5. The molecule has 1 fully saturated rings. The van der Waals surface area contributed by atoms with Gasteiger partial charge in [0.15, 0.2) is 0 Å². The van der Waals surface area contributed by atoms with E-state index in [2.05, 4.69) is 4.98 Å². The molecule has 3 rings (SSSR count). The van der Waals surface area contributed by atoms with Crippen LogP contribution in [0.5, 0.6) is 5.75 Å². The average molecular weight is 327 g/mol. The number of amides is 1. The normalized spacial score (nSPS) is 15.3. The summed E-state index contributed by atoms with van der Waals surface area (Å²) in [7, 11) is 1.65. The van der Waals surface area contributed by atoms with Crippen LogP contribution in [0.25, 0.3) is 0 Å². The van der Waals surface area contributed by atoms with Crippen molar-refractivity contribution in [3.8, 4) is 5.75 Å². The number of hydrogen-bond donors (Lipinski definition) is 0. The zero-order valence-corrected chi connectivity index (χ0v) is 13.9. The summed E-state index contributed by atoms with van der Waals surface area (Å²) < 4.78 is 7.34. The Hall–Kier alpha value is -2.63. The van der Waals surface area contributed by atoms with Crippen LogP contribution in [0.3, 0.4) is 0 Å². The van der Waals surface area contributed by atoms with Crippen molar-refractivity contribution in [3.05, 3.63) is 58.3 Å². The molecule has 0 atom stereocenters. The Morgan fingerprint density at radius 3 is 2.67 bits per heavy atom. The summed E-state index contributed by atoms with van der Waals surface area (Å²) in [5, 5.41) is 0. The first-order valence-electron chi connectivity index (χ1n) is 8.09. The van der Waals surface area contributed by atoms with E-state index in [1.165, 1.54) is 4.57 Å². The quantitative estimate of drug-likeness (QED) is 0.862. The van der Waals surface area contributed by atoms with Gasteiger partial charge in [-0.25, -0.2) is 0 Å². The van der Waals surface area contributed by atoms with Crippen LogP contribution in [0, 0.1) is 6.92 Å². The Morgan fingerprint density at radius 2 is 2.00 bits per heavy atom. The van der Waals surface area contributed by atoms with E-state index in [4.69, 9.17) is 4.74 Å². The van der Waals surface area contributed by atoms with Crippen molar-refractivity contribution in [1.29, 1.82) is 0 Å². The number of aromatic nitrogens is 2. The lowest BCUT2D eigenvalue weighted by molar-refractivity contribution is 0.0592. The number of likely N-dealkylation sites (tertiary alicyclic amines) is 1. The van der Waals surface area contributed by atoms with Crippen LogP contribution in [0.4, 0.5) is 0 Å². The first-order valence-corrected chi connectivity index (χ1v) is 8.09. The van der Waals surface area contributed by atoms with Crippen LogP contribution in [0.15, 0.2) is 41.5 Å². The molecule has 126 valence electrons. The summed E-state index contributed by atoms with van der Waals surface area (Å²) in [5.41, 5.74) is 0.918. The van der Waals surface area contributed by atoms with Crippen molar-refractivity contribution in [1.82, 2.24) is 14.5 Å². The number of ether oxygens (including phenoxy) is 1. The molecule has 2 aromatic rings. The molecule has 1 aliphatic heterocycles. The number of carbonyl (C=O) groups is 1. The van der Waals surface area contributed by atoms with Gasteiger partial charge in [-0.2, -0.15) is 0 Å². The van der Waals surface area contributed by atoms with E-state index < -0.39 is 0 Å². The molecule has 2 aromatic heterocycles. The molecule has 1 amide bonds. The molecule has 0 saturated carbocycles. The predicted molar refractivity (Wildman–Crippen MR) is 90.2 cm³/mol. The fourth-order valence-electron chi connectivity index (χ4n) is 2.82. The first kappa shape index (κ1) is 16.2. The smallest absolute Gasteiger partial charge is 0.263 e. The highest BCUT2D eigenvalue weighted by atomic mass is 16.5. The second kappa shape index (κ2) is 6.86. The molecule has 1 saturated heterocycles. The molecular formula is C18H21N3O3. The highest BCUT2D eigenvalue weighted by molar-refractivity contribution is 5.93. The van der Waals surface area contributed by atoms with E-state index in [1.807, 2.05) is 19.1 Å². The van der Waals surface area contributed by atoms with Crippen molar-refractivity contribution < 1.29 is 9.53 Å². The van der Waals surface area contributed by atoms with Gasteiger partial charge in [0.25, 0.3) is 11.5 Å². The van der Waals surface area contributed by atoms with Crippen molar-refractivity contribution in [2.75, 3.05) is 13.1 Å². The van der Waals surface area contributed by atoms with Gasteiger partial charge in [-0.1, -0.05) is 0 Å². The number of hydrogen-bond acceptors (Lipinski definition) is 4. The summed E-state index contributed by atoms with van der Waals surface area (Å²) in [6.45, 7) is 3.10. The average Bonchev–Trinajstić information content (AvgIpc) is 2.59. The van der Waals surface area contributed by atoms with Crippen LogP contribution >= 0.6 is 0 Å². The Bertz CT molecular complexity index is 775. The van der Waals surface area contributed by atoms with Gasteiger partial charge in [-0.3, -0.25) is 14.6 Å². The summed E-state index contributed by atoms with van der Waals surface area (Å²) in [6.07, 6.45) is 4.92. The van der Waals surface area contributed by atoms with Crippen molar-refractivity contribution >= 4 is 5.91 Å². The minimum Gasteiger partial charge on any atom is -0.489 e.